The van der Waals surface area contributed by atoms with Crippen molar-refractivity contribution in [1.82, 2.24) is 20.0 Å². The Labute approximate surface area is 247 Å². The fraction of sp³-hybridized carbons (Fsp3) is 0.500. The lowest BCUT2D eigenvalue weighted by Gasteiger charge is -2.33. The minimum absolute atomic E-state index is 0.104. The molecule has 1 amide bonds. The van der Waals surface area contributed by atoms with Crippen LogP contribution >= 0.6 is 11.3 Å². The first-order chi connectivity index (χ1) is 20.2. The Bertz CT molecular complexity index is 1550. The number of rotatable bonds is 8. The van der Waals surface area contributed by atoms with E-state index in [2.05, 4.69) is 15.1 Å². The van der Waals surface area contributed by atoms with Crippen molar-refractivity contribution in [1.29, 1.82) is 0 Å². The number of carbonyl (C=O) groups excluding carboxylic acids is 1. The lowest BCUT2D eigenvalue weighted by molar-refractivity contribution is -0.376. The predicted molar refractivity (Wildman–Crippen MR) is 137 cm³/mol. The summed E-state index contributed by atoms with van der Waals surface area (Å²) in [6, 6.07) is 0.334. The fourth-order valence-corrected chi connectivity index (χ4v) is 5.67. The van der Waals surface area contributed by atoms with Crippen molar-refractivity contribution < 1.29 is 59.4 Å². The minimum atomic E-state index is -6.32. The summed E-state index contributed by atoms with van der Waals surface area (Å²) in [6.45, 7) is 4.78. The standard InChI is InChI=1S/C26H24F8N4O5S/c1-11-5-4-8-38(11)21(39)16-17(44-20(36-16)19-35-15(43-37-19)10-23(2,3)22(40)41)13-7-6-12(9-14(13)18(27)28)24(42,25(29,30)31)26(32,33)34/h6-7,9,11,18,42H,4-5,8,10H2,1-3H3,(H,40,41). The second-order valence-electron chi connectivity index (χ2n) is 10.9. The van der Waals surface area contributed by atoms with Gasteiger partial charge in [0.25, 0.3) is 17.9 Å². The lowest BCUT2D eigenvalue weighted by Crippen LogP contribution is -2.54. The summed E-state index contributed by atoms with van der Waals surface area (Å²) in [5.74, 6) is -2.32. The van der Waals surface area contributed by atoms with Crippen molar-refractivity contribution in [2.24, 2.45) is 5.41 Å². The quantitative estimate of drug-likeness (QED) is 0.267. The zero-order chi connectivity index (χ0) is 33.0. The molecule has 2 N–H and O–H groups in total. The first-order valence-corrected chi connectivity index (χ1v) is 13.7. The Balaban J connectivity index is 1.89. The molecular weight excluding hydrogens is 632 g/mol. The van der Waals surface area contributed by atoms with Crippen LogP contribution in [0.3, 0.4) is 0 Å². The van der Waals surface area contributed by atoms with Gasteiger partial charge in [0.05, 0.1) is 10.3 Å². The third kappa shape index (κ3) is 5.88. The van der Waals surface area contributed by atoms with Crippen LogP contribution in [0.2, 0.25) is 0 Å². The van der Waals surface area contributed by atoms with Gasteiger partial charge in [0.15, 0.2) is 5.01 Å². The van der Waals surface area contributed by atoms with Crippen LogP contribution in [0.15, 0.2) is 22.7 Å². The number of aliphatic carboxylic acids is 1. The number of nitrogens with zero attached hydrogens (tertiary/aromatic N) is 4. The van der Waals surface area contributed by atoms with Gasteiger partial charge in [-0.25, -0.2) is 13.8 Å². The van der Waals surface area contributed by atoms with E-state index in [4.69, 9.17) is 4.52 Å². The largest absolute Gasteiger partial charge is 0.481 e. The third-order valence-corrected chi connectivity index (χ3v) is 8.33. The molecule has 3 aromatic rings. The van der Waals surface area contributed by atoms with Crippen LogP contribution in [0.5, 0.6) is 0 Å². The maximum absolute atomic E-state index is 14.3. The second kappa shape index (κ2) is 11.4. The molecule has 44 heavy (non-hydrogen) atoms. The lowest BCUT2D eigenvalue weighted by atomic mass is 9.89. The van der Waals surface area contributed by atoms with Crippen LogP contribution in [0.1, 0.15) is 67.5 Å². The molecule has 3 heterocycles. The molecule has 1 unspecified atom stereocenters. The molecule has 240 valence electrons. The van der Waals surface area contributed by atoms with Crippen LogP contribution in [0, 0.1) is 5.41 Å². The smallest absolute Gasteiger partial charge is 0.430 e. The number of carboxylic acids is 1. The number of alkyl halides is 8. The summed E-state index contributed by atoms with van der Waals surface area (Å²) in [6.07, 6.45) is -15.3. The van der Waals surface area contributed by atoms with Crippen LogP contribution in [-0.4, -0.2) is 67.1 Å². The highest BCUT2D eigenvalue weighted by Gasteiger charge is 2.71. The number of aromatic nitrogens is 3. The fourth-order valence-electron chi connectivity index (χ4n) is 4.64. The maximum atomic E-state index is 14.3. The van der Waals surface area contributed by atoms with E-state index in [-0.39, 0.29) is 52.7 Å². The Hall–Kier alpha value is -3.67. The number of halogens is 8. The summed E-state index contributed by atoms with van der Waals surface area (Å²) >= 11 is 0.547. The van der Waals surface area contributed by atoms with Gasteiger partial charge in [0, 0.05) is 35.7 Å². The van der Waals surface area contributed by atoms with E-state index in [1.54, 1.807) is 6.92 Å². The molecule has 1 fully saturated rings. The summed E-state index contributed by atoms with van der Waals surface area (Å²) in [7, 11) is 0. The number of aliphatic hydroxyl groups is 1. The van der Waals surface area contributed by atoms with Gasteiger partial charge in [0.2, 0.25) is 11.7 Å². The molecule has 0 saturated carbocycles. The molecule has 4 rings (SSSR count). The number of hydrogen-bond acceptors (Lipinski definition) is 8. The van der Waals surface area contributed by atoms with E-state index in [1.807, 2.05) is 0 Å². The number of hydrogen-bond donors (Lipinski definition) is 2. The minimum Gasteiger partial charge on any atom is -0.481 e. The first-order valence-electron chi connectivity index (χ1n) is 12.9. The van der Waals surface area contributed by atoms with Crippen molar-refractivity contribution in [2.45, 2.75) is 70.5 Å². The summed E-state index contributed by atoms with van der Waals surface area (Å²) in [4.78, 5) is 34.4. The Morgan fingerprint density at radius 1 is 1.11 bits per heavy atom. The van der Waals surface area contributed by atoms with Gasteiger partial charge in [-0.2, -0.15) is 31.3 Å². The molecule has 0 bridgehead atoms. The molecule has 1 saturated heterocycles. The monoisotopic (exact) mass is 656 g/mol. The SMILES string of the molecule is CC1CCCN1C(=O)c1nc(-c2noc(CC(C)(C)C(=O)O)n2)sc1-c1ccc(C(O)(C(F)(F)F)C(F)(F)F)cc1C(F)F. The first kappa shape index (κ1) is 33.2. The molecule has 18 heteroatoms. The Kier molecular flexibility index (Phi) is 8.58. The molecule has 2 aromatic heterocycles. The van der Waals surface area contributed by atoms with E-state index >= 15 is 0 Å². The highest BCUT2D eigenvalue weighted by atomic mass is 32.1. The zero-order valence-electron chi connectivity index (χ0n) is 23.1. The normalized spacial score (nSPS) is 16.7. The van der Waals surface area contributed by atoms with Crippen LogP contribution < -0.4 is 0 Å². The molecule has 0 aliphatic carbocycles. The van der Waals surface area contributed by atoms with Crippen molar-refractivity contribution in [2.75, 3.05) is 6.54 Å². The van der Waals surface area contributed by atoms with Gasteiger partial charge in [-0.1, -0.05) is 17.3 Å². The van der Waals surface area contributed by atoms with Crippen molar-refractivity contribution in [3.05, 3.63) is 40.9 Å². The summed E-state index contributed by atoms with van der Waals surface area (Å²) in [5, 5.41) is 22.7. The number of carboxylic acid groups (broad SMARTS) is 1. The number of benzene rings is 1. The molecule has 0 radical (unpaired) electrons. The average molecular weight is 657 g/mol. The van der Waals surface area contributed by atoms with Gasteiger partial charge in [-0.15, -0.1) is 11.3 Å². The number of amides is 1. The molecule has 1 aliphatic rings. The van der Waals surface area contributed by atoms with Crippen LogP contribution in [-0.2, 0) is 16.8 Å². The number of carbonyl (C=O) groups is 2. The highest BCUT2D eigenvalue weighted by molar-refractivity contribution is 7.18. The molecule has 0 spiro atoms. The number of likely N-dealkylation sites (tertiary alicyclic amines) is 1. The molecular formula is C26H24F8N4O5S. The van der Waals surface area contributed by atoms with Crippen molar-refractivity contribution in [3.63, 3.8) is 0 Å². The van der Waals surface area contributed by atoms with Gasteiger partial charge in [-0.05, 0) is 39.7 Å². The Morgan fingerprint density at radius 3 is 2.27 bits per heavy atom. The van der Waals surface area contributed by atoms with E-state index in [1.165, 1.54) is 18.7 Å². The predicted octanol–water partition coefficient (Wildman–Crippen LogP) is 6.39. The molecule has 9 nitrogen and oxygen atoms in total. The van der Waals surface area contributed by atoms with E-state index < -0.39 is 64.1 Å². The molecule has 1 aromatic carbocycles. The topological polar surface area (TPSA) is 130 Å². The summed E-state index contributed by atoms with van der Waals surface area (Å²) in [5.41, 5.74) is -11.1. The van der Waals surface area contributed by atoms with Gasteiger partial charge in [0.1, 0.15) is 5.69 Å². The van der Waals surface area contributed by atoms with Crippen molar-refractivity contribution in [3.8, 4) is 21.3 Å². The average Bonchev–Trinajstić information content (AvgIpc) is 3.65. The second-order valence-corrected chi connectivity index (χ2v) is 11.9. The molecule has 1 aliphatic heterocycles. The van der Waals surface area contributed by atoms with Gasteiger partial charge in [-0.3, -0.25) is 9.59 Å². The Morgan fingerprint density at radius 2 is 1.75 bits per heavy atom. The molecule has 1 atom stereocenters. The van der Waals surface area contributed by atoms with Gasteiger partial charge >= 0.3 is 18.3 Å². The van der Waals surface area contributed by atoms with Crippen molar-refractivity contribution >= 4 is 23.2 Å². The van der Waals surface area contributed by atoms with E-state index in [9.17, 15) is 54.9 Å². The highest BCUT2D eigenvalue weighted by Crippen LogP contribution is 2.51. The van der Waals surface area contributed by atoms with Crippen LogP contribution in [0.4, 0.5) is 35.1 Å². The number of thiazole rings is 1. The third-order valence-electron chi connectivity index (χ3n) is 7.24. The van der Waals surface area contributed by atoms with Gasteiger partial charge < -0.3 is 19.6 Å². The van der Waals surface area contributed by atoms with E-state index in [0.717, 1.165) is 0 Å². The van der Waals surface area contributed by atoms with Crippen LogP contribution in [0.25, 0.3) is 21.3 Å². The summed E-state index contributed by atoms with van der Waals surface area (Å²) < 4.78 is 115. The zero-order valence-corrected chi connectivity index (χ0v) is 23.9. The van der Waals surface area contributed by atoms with E-state index in [0.29, 0.717) is 30.2 Å². The maximum Gasteiger partial charge on any atom is 0.430 e.